The highest BCUT2D eigenvalue weighted by atomic mass is 35.5. The number of halogens is 1. The van der Waals surface area contributed by atoms with E-state index in [9.17, 15) is 13.2 Å². The van der Waals surface area contributed by atoms with E-state index >= 15 is 0 Å². The number of esters is 1. The van der Waals surface area contributed by atoms with Gasteiger partial charge in [-0.3, -0.25) is 4.79 Å². The number of thiazole rings is 1. The molecule has 142 valence electrons. The van der Waals surface area contributed by atoms with Gasteiger partial charge in [-0.1, -0.05) is 40.6 Å². The van der Waals surface area contributed by atoms with Crippen molar-refractivity contribution in [2.75, 3.05) is 6.61 Å². The second-order valence-electron chi connectivity index (χ2n) is 5.77. The van der Waals surface area contributed by atoms with Crippen LogP contribution in [-0.2, 0) is 26.1 Å². The van der Waals surface area contributed by atoms with Crippen LogP contribution in [0.15, 0.2) is 51.8 Å². The molecule has 1 aromatic heterocycles. The minimum Gasteiger partial charge on any atom is -0.465 e. The van der Waals surface area contributed by atoms with Crippen LogP contribution in [-0.4, -0.2) is 25.6 Å². The maximum atomic E-state index is 12.7. The molecule has 0 aliphatic carbocycles. The Kier molecular flexibility index (Phi) is 5.69. The van der Waals surface area contributed by atoms with Gasteiger partial charge in [0.2, 0.25) is 4.80 Å². The van der Waals surface area contributed by atoms with Gasteiger partial charge >= 0.3 is 5.97 Å². The van der Waals surface area contributed by atoms with Crippen LogP contribution in [0.3, 0.4) is 0 Å². The molecule has 0 aliphatic rings. The molecule has 2 aromatic carbocycles. The summed E-state index contributed by atoms with van der Waals surface area (Å²) in [4.78, 5) is 12.3. The maximum absolute atomic E-state index is 12.7. The summed E-state index contributed by atoms with van der Waals surface area (Å²) < 4.78 is 36.6. The molecule has 0 amide bonds. The molecule has 0 atom stereocenters. The quantitative estimate of drug-likeness (QED) is 0.587. The summed E-state index contributed by atoms with van der Waals surface area (Å²) in [5.74, 6) is -0.471. The van der Waals surface area contributed by atoms with Crippen LogP contribution < -0.4 is 4.80 Å². The number of hydrogen-bond donors (Lipinski definition) is 0. The molecule has 0 bridgehead atoms. The molecule has 27 heavy (non-hydrogen) atoms. The van der Waals surface area contributed by atoms with E-state index in [1.807, 2.05) is 6.92 Å². The highest BCUT2D eigenvalue weighted by Crippen LogP contribution is 2.22. The number of rotatable bonds is 5. The summed E-state index contributed by atoms with van der Waals surface area (Å²) in [6.07, 6.45) is 0. The Morgan fingerprint density at radius 1 is 1.22 bits per heavy atom. The zero-order valence-corrected chi connectivity index (χ0v) is 17.1. The van der Waals surface area contributed by atoms with Crippen LogP contribution in [0.1, 0.15) is 12.5 Å². The zero-order chi connectivity index (χ0) is 19.6. The number of aromatic nitrogens is 1. The molecule has 3 rings (SSSR count). The zero-order valence-electron chi connectivity index (χ0n) is 14.7. The molecule has 1 heterocycles. The number of sulfonamides is 1. The van der Waals surface area contributed by atoms with Crippen molar-refractivity contribution in [3.63, 3.8) is 0 Å². The predicted octanol–water partition coefficient (Wildman–Crippen LogP) is 3.52. The number of carbonyl (C=O) groups is 1. The lowest BCUT2D eigenvalue weighted by atomic mass is 10.2. The second-order valence-corrected chi connectivity index (χ2v) is 8.82. The van der Waals surface area contributed by atoms with Crippen LogP contribution in [0.2, 0.25) is 5.02 Å². The number of carbonyl (C=O) groups excluding carboxylic acids is 1. The Bertz CT molecular complexity index is 1160. The van der Waals surface area contributed by atoms with E-state index in [0.717, 1.165) is 21.6 Å². The molecule has 0 saturated heterocycles. The molecule has 0 spiro atoms. The lowest BCUT2D eigenvalue weighted by Crippen LogP contribution is -2.23. The molecular weight excluding hydrogens is 408 g/mol. The molecule has 0 aliphatic heterocycles. The van der Waals surface area contributed by atoms with Gasteiger partial charge in [-0.15, -0.1) is 4.40 Å². The standard InChI is InChI=1S/C18H17ClN2O4S2/c1-3-25-17(22)11-21-15-9-6-13(19)10-16(15)26-18(21)20-27(23,24)14-7-4-12(2)5-8-14/h4-10H,3,11H2,1-2H3. The third kappa shape index (κ3) is 4.40. The van der Waals surface area contributed by atoms with Crippen molar-refractivity contribution >= 4 is 49.1 Å². The smallest absolute Gasteiger partial charge is 0.326 e. The van der Waals surface area contributed by atoms with Gasteiger partial charge in [-0.05, 0) is 44.2 Å². The molecule has 0 radical (unpaired) electrons. The molecule has 0 saturated carbocycles. The van der Waals surface area contributed by atoms with E-state index in [4.69, 9.17) is 16.3 Å². The largest absolute Gasteiger partial charge is 0.465 e. The van der Waals surface area contributed by atoms with E-state index < -0.39 is 16.0 Å². The summed E-state index contributed by atoms with van der Waals surface area (Å²) in [5, 5.41) is 0.514. The van der Waals surface area contributed by atoms with E-state index in [-0.39, 0.29) is 22.8 Å². The number of ether oxygens (including phenoxy) is 1. The van der Waals surface area contributed by atoms with Crippen molar-refractivity contribution in [3.8, 4) is 0 Å². The third-order valence-corrected chi connectivity index (χ3v) is 6.43. The monoisotopic (exact) mass is 424 g/mol. The first-order valence-electron chi connectivity index (χ1n) is 8.12. The fourth-order valence-electron chi connectivity index (χ4n) is 2.47. The van der Waals surface area contributed by atoms with Gasteiger partial charge in [0.25, 0.3) is 10.0 Å². The Hall–Kier alpha value is -2.16. The molecule has 0 N–H and O–H groups in total. The first-order valence-corrected chi connectivity index (χ1v) is 10.8. The van der Waals surface area contributed by atoms with E-state index in [1.54, 1.807) is 37.3 Å². The van der Waals surface area contributed by atoms with Gasteiger partial charge in [0.15, 0.2) is 0 Å². The summed E-state index contributed by atoms with van der Waals surface area (Å²) in [5.41, 5.74) is 1.61. The maximum Gasteiger partial charge on any atom is 0.326 e. The van der Waals surface area contributed by atoms with Crippen molar-refractivity contribution in [2.45, 2.75) is 25.3 Å². The third-order valence-electron chi connectivity index (χ3n) is 3.75. The van der Waals surface area contributed by atoms with Crippen molar-refractivity contribution < 1.29 is 17.9 Å². The Morgan fingerprint density at radius 2 is 1.93 bits per heavy atom. The van der Waals surface area contributed by atoms with Crippen molar-refractivity contribution in [2.24, 2.45) is 4.40 Å². The lowest BCUT2D eigenvalue weighted by Gasteiger charge is -2.05. The molecule has 0 unspecified atom stereocenters. The normalized spacial score (nSPS) is 12.5. The summed E-state index contributed by atoms with van der Waals surface area (Å²) in [7, 11) is -3.93. The fourth-order valence-corrected chi connectivity index (χ4v) is 4.98. The molecular formula is C18H17ClN2O4S2. The number of aryl methyl sites for hydroxylation is 1. The van der Waals surface area contributed by atoms with Gasteiger partial charge in [-0.2, -0.15) is 8.42 Å². The Labute approximate surface area is 165 Å². The van der Waals surface area contributed by atoms with E-state index in [2.05, 4.69) is 4.40 Å². The SMILES string of the molecule is CCOC(=O)Cn1c(=NS(=O)(=O)c2ccc(C)cc2)sc2cc(Cl)ccc21. The van der Waals surface area contributed by atoms with Crippen molar-refractivity contribution in [1.29, 1.82) is 0 Å². The first-order chi connectivity index (χ1) is 12.8. The molecule has 6 nitrogen and oxygen atoms in total. The van der Waals surface area contributed by atoms with Crippen molar-refractivity contribution in [1.82, 2.24) is 4.57 Å². The number of nitrogens with zero attached hydrogens (tertiary/aromatic N) is 2. The molecule has 0 fully saturated rings. The van der Waals surface area contributed by atoms with E-state index in [1.165, 1.54) is 16.7 Å². The number of fused-ring (bicyclic) bond motifs is 1. The fraction of sp³-hybridized carbons (Fsp3) is 0.222. The van der Waals surface area contributed by atoms with Gasteiger partial charge < -0.3 is 9.30 Å². The molecule has 9 heteroatoms. The number of hydrogen-bond acceptors (Lipinski definition) is 5. The summed E-state index contributed by atoms with van der Waals surface area (Å²) in [6, 6.07) is 11.5. The van der Waals surface area contributed by atoms with Crippen molar-refractivity contribution in [3.05, 3.63) is 57.9 Å². The van der Waals surface area contributed by atoms with Gasteiger partial charge in [0.1, 0.15) is 6.54 Å². The van der Waals surface area contributed by atoms with Gasteiger partial charge in [0, 0.05) is 5.02 Å². The Morgan fingerprint density at radius 3 is 2.59 bits per heavy atom. The lowest BCUT2D eigenvalue weighted by molar-refractivity contribution is -0.143. The summed E-state index contributed by atoms with van der Waals surface area (Å²) in [6.45, 7) is 3.68. The van der Waals surface area contributed by atoms with Crippen LogP contribution in [0, 0.1) is 6.92 Å². The Balaban J connectivity index is 2.18. The van der Waals surface area contributed by atoms with Crippen LogP contribution >= 0.6 is 22.9 Å². The minimum atomic E-state index is -3.93. The minimum absolute atomic E-state index is 0.0891. The van der Waals surface area contributed by atoms with Crippen LogP contribution in [0.5, 0.6) is 0 Å². The van der Waals surface area contributed by atoms with Crippen LogP contribution in [0.25, 0.3) is 10.2 Å². The predicted molar refractivity (Wildman–Crippen MR) is 105 cm³/mol. The highest BCUT2D eigenvalue weighted by Gasteiger charge is 2.16. The first kappa shape index (κ1) is 19.6. The van der Waals surface area contributed by atoms with Gasteiger partial charge in [0.05, 0.1) is 21.7 Å². The average molecular weight is 425 g/mol. The highest BCUT2D eigenvalue weighted by molar-refractivity contribution is 7.90. The number of benzene rings is 2. The second kappa shape index (κ2) is 7.84. The summed E-state index contributed by atoms with van der Waals surface area (Å²) >= 11 is 7.18. The average Bonchev–Trinajstić information content (AvgIpc) is 2.91. The van der Waals surface area contributed by atoms with E-state index in [0.29, 0.717) is 10.5 Å². The molecule has 3 aromatic rings. The topological polar surface area (TPSA) is 77.7 Å². The van der Waals surface area contributed by atoms with Crippen LogP contribution in [0.4, 0.5) is 0 Å². The van der Waals surface area contributed by atoms with Gasteiger partial charge in [-0.25, -0.2) is 0 Å².